The van der Waals surface area contributed by atoms with Crippen LogP contribution in [0.3, 0.4) is 0 Å². The number of anilines is 2. The molecule has 4 rings (SSSR count). The van der Waals surface area contributed by atoms with E-state index in [2.05, 4.69) is 26.9 Å². The first-order chi connectivity index (χ1) is 17.7. The van der Waals surface area contributed by atoms with E-state index in [9.17, 15) is 18.0 Å². The third-order valence-electron chi connectivity index (χ3n) is 7.17. The van der Waals surface area contributed by atoms with E-state index in [0.717, 1.165) is 45.0 Å². The predicted octanol–water partition coefficient (Wildman–Crippen LogP) is 4.80. The molecule has 1 N–H and O–H groups in total. The number of nitrogens with zero attached hydrogens (tertiary/aromatic N) is 4. The summed E-state index contributed by atoms with van der Waals surface area (Å²) in [5, 5.41) is 3.54. The van der Waals surface area contributed by atoms with Crippen molar-refractivity contribution in [1.82, 2.24) is 14.7 Å². The lowest BCUT2D eigenvalue weighted by Crippen LogP contribution is -2.47. The first-order valence-electron chi connectivity index (χ1n) is 12.9. The largest absolute Gasteiger partial charge is 0.390 e. The number of halogens is 4. The molecule has 0 atom stereocenters. The first-order valence-corrected chi connectivity index (χ1v) is 13.3. The number of piperazine rings is 2. The van der Waals surface area contributed by atoms with Crippen LogP contribution in [0.2, 0.25) is 5.02 Å². The molecule has 1 amide bonds. The molecule has 37 heavy (non-hydrogen) atoms. The summed E-state index contributed by atoms with van der Waals surface area (Å²) in [7, 11) is 0. The quantitative estimate of drug-likeness (QED) is 0.524. The van der Waals surface area contributed by atoms with Crippen molar-refractivity contribution < 1.29 is 18.0 Å². The predicted molar refractivity (Wildman–Crippen MR) is 143 cm³/mol. The van der Waals surface area contributed by atoms with Gasteiger partial charge < -0.3 is 15.1 Å². The Hall–Kier alpha value is -2.33. The highest BCUT2D eigenvalue weighted by atomic mass is 35.5. The van der Waals surface area contributed by atoms with Gasteiger partial charge >= 0.3 is 6.18 Å². The molecule has 0 spiro atoms. The summed E-state index contributed by atoms with van der Waals surface area (Å²) in [5.41, 5.74) is 3.16. The molecular weight excluding hydrogens is 503 g/mol. The van der Waals surface area contributed by atoms with E-state index in [4.69, 9.17) is 11.6 Å². The van der Waals surface area contributed by atoms with Crippen LogP contribution in [0.5, 0.6) is 0 Å². The summed E-state index contributed by atoms with van der Waals surface area (Å²) < 4.78 is 37.7. The van der Waals surface area contributed by atoms with Gasteiger partial charge in [0.05, 0.1) is 17.8 Å². The monoisotopic (exact) mass is 537 g/mol. The summed E-state index contributed by atoms with van der Waals surface area (Å²) in [6, 6.07) is 13.0. The van der Waals surface area contributed by atoms with Gasteiger partial charge in [-0.05, 0) is 42.4 Å². The second-order valence-corrected chi connectivity index (χ2v) is 10.2. The minimum absolute atomic E-state index is 0.00141. The molecule has 2 aliphatic heterocycles. The average molecular weight is 538 g/mol. The molecule has 6 nitrogen and oxygen atoms in total. The van der Waals surface area contributed by atoms with E-state index >= 15 is 0 Å². The van der Waals surface area contributed by atoms with Crippen molar-refractivity contribution in [2.45, 2.75) is 26.1 Å². The number of carbonyl (C=O) groups is 1. The van der Waals surface area contributed by atoms with Gasteiger partial charge in [0.1, 0.15) is 0 Å². The Morgan fingerprint density at radius 3 is 2.14 bits per heavy atom. The zero-order valence-electron chi connectivity index (χ0n) is 21.2. The molecule has 2 saturated heterocycles. The Bertz CT molecular complexity index is 1030. The Morgan fingerprint density at radius 1 is 0.892 bits per heavy atom. The normalized spacial score (nSPS) is 18.2. The van der Waals surface area contributed by atoms with Crippen LogP contribution in [0.1, 0.15) is 29.3 Å². The van der Waals surface area contributed by atoms with E-state index in [1.165, 1.54) is 5.56 Å². The summed E-state index contributed by atoms with van der Waals surface area (Å²) in [4.78, 5) is 21.8. The van der Waals surface area contributed by atoms with Crippen LogP contribution in [-0.2, 0) is 6.54 Å². The summed E-state index contributed by atoms with van der Waals surface area (Å²) in [5.74, 6) is -0.213. The lowest BCUT2D eigenvalue weighted by molar-refractivity contribution is -0.138. The average Bonchev–Trinajstić information content (AvgIpc) is 2.89. The molecule has 0 aliphatic carbocycles. The highest BCUT2D eigenvalue weighted by molar-refractivity contribution is 6.31. The SMILES string of the molecule is CCN1CCN(Cc2ccc(C(=O)Nc3ccc(Cl)cc3N3CCN(CCC(F)(F)F)CC3)cc2)CC1. The molecule has 2 aromatic rings. The van der Waals surface area contributed by atoms with Crippen molar-refractivity contribution in [2.75, 3.05) is 75.7 Å². The van der Waals surface area contributed by atoms with Gasteiger partial charge in [-0.25, -0.2) is 0 Å². The van der Waals surface area contributed by atoms with Crippen LogP contribution in [0.4, 0.5) is 24.5 Å². The van der Waals surface area contributed by atoms with E-state index in [-0.39, 0.29) is 12.5 Å². The standard InChI is InChI=1S/C27H35ClF3N5O/c1-2-33-11-13-35(14-12-33)20-21-3-5-22(6-4-21)26(37)32-24-8-7-23(28)19-25(24)36-17-15-34(16-18-36)10-9-27(29,30)31/h3-8,19H,2,9-18,20H2,1H3,(H,32,37). The number of nitrogens with one attached hydrogen (secondary N) is 1. The highest BCUT2D eigenvalue weighted by Gasteiger charge is 2.29. The molecule has 0 unspecified atom stereocenters. The van der Waals surface area contributed by atoms with Gasteiger partial charge in [0, 0.05) is 76.0 Å². The Balaban J connectivity index is 1.34. The van der Waals surface area contributed by atoms with Crippen LogP contribution in [0, 0.1) is 0 Å². The minimum atomic E-state index is -4.15. The number of benzene rings is 2. The van der Waals surface area contributed by atoms with Crippen molar-refractivity contribution in [3.8, 4) is 0 Å². The van der Waals surface area contributed by atoms with Crippen molar-refractivity contribution in [1.29, 1.82) is 0 Å². The zero-order chi connectivity index (χ0) is 26.4. The topological polar surface area (TPSA) is 42.1 Å². The Kier molecular flexibility index (Phi) is 9.34. The van der Waals surface area contributed by atoms with Crippen LogP contribution in [0.15, 0.2) is 42.5 Å². The molecule has 0 bridgehead atoms. The first kappa shape index (κ1) is 27.7. The van der Waals surface area contributed by atoms with Crippen LogP contribution < -0.4 is 10.2 Å². The van der Waals surface area contributed by atoms with E-state index in [1.807, 2.05) is 29.2 Å². The lowest BCUT2D eigenvalue weighted by atomic mass is 10.1. The Labute approximate surface area is 222 Å². The summed E-state index contributed by atoms with van der Waals surface area (Å²) in [6.07, 6.45) is -4.95. The van der Waals surface area contributed by atoms with Gasteiger partial charge in [-0.2, -0.15) is 13.2 Å². The second-order valence-electron chi connectivity index (χ2n) is 9.72. The summed E-state index contributed by atoms with van der Waals surface area (Å²) >= 11 is 6.25. The third-order valence-corrected chi connectivity index (χ3v) is 7.40. The van der Waals surface area contributed by atoms with E-state index in [1.54, 1.807) is 18.2 Å². The fourth-order valence-electron chi connectivity index (χ4n) is 4.85. The van der Waals surface area contributed by atoms with Crippen molar-refractivity contribution in [3.05, 3.63) is 58.6 Å². The van der Waals surface area contributed by atoms with Gasteiger partial charge in [0.2, 0.25) is 0 Å². The number of likely N-dealkylation sites (N-methyl/N-ethyl adjacent to an activating group) is 1. The maximum absolute atomic E-state index is 13.0. The lowest BCUT2D eigenvalue weighted by Gasteiger charge is -2.37. The van der Waals surface area contributed by atoms with Gasteiger partial charge in [-0.15, -0.1) is 0 Å². The second kappa shape index (κ2) is 12.5. The number of hydrogen-bond acceptors (Lipinski definition) is 5. The zero-order valence-corrected chi connectivity index (χ0v) is 22.0. The Morgan fingerprint density at radius 2 is 1.51 bits per heavy atom. The fraction of sp³-hybridized carbons (Fsp3) is 0.519. The van der Waals surface area contributed by atoms with Crippen molar-refractivity contribution >= 4 is 28.9 Å². The van der Waals surface area contributed by atoms with E-state index in [0.29, 0.717) is 42.5 Å². The van der Waals surface area contributed by atoms with E-state index < -0.39 is 12.6 Å². The smallest absolute Gasteiger partial charge is 0.367 e. The van der Waals surface area contributed by atoms with Crippen molar-refractivity contribution in [3.63, 3.8) is 0 Å². The number of rotatable bonds is 8. The van der Waals surface area contributed by atoms with Crippen LogP contribution in [0.25, 0.3) is 0 Å². The number of hydrogen-bond donors (Lipinski definition) is 1. The maximum atomic E-state index is 13.0. The highest BCUT2D eigenvalue weighted by Crippen LogP contribution is 2.31. The molecule has 2 aromatic carbocycles. The van der Waals surface area contributed by atoms with Gasteiger partial charge in [0.15, 0.2) is 0 Å². The molecular formula is C27H35ClF3N5O. The van der Waals surface area contributed by atoms with Crippen LogP contribution in [-0.4, -0.2) is 92.2 Å². The molecule has 10 heteroatoms. The minimum Gasteiger partial charge on any atom is -0.367 e. The molecule has 0 saturated carbocycles. The molecule has 2 heterocycles. The molecule has 0 radical (unpaired) electrons. The summed E-state index contributed by atoms with van der Waals surface area (Å²) in [6.45, 7) is 10.6. The fourth-order valence-corrected chi connectivity index (χ4v) is 5.01. The number of alkyl halides is 3. The molecule has 2 fully saturated rings. The maximum Gasteiger partial charge on any atom is 0.390 e. The number of amides is 1. The van der Waals surface area contributed by atoms with Crippen LogP contribution >= 0.6 is 11.6 Å². The molecule has 202 valence electrons. The molecule has 2 aliphatic rings. The van der Waals surface area contributed by atoms with Crippen molar-refractivity contribution in [2.24, 2.45) is 0 Å². The third kappa shape index (κ3) is 8.07. The van der Waals surface area contributed by atoms with Gasteiger partial charge in [0.25, 0.3) is 5.91 Å². The van der Waals surface area contributed by atoms with Gasteiger partial charge in [-0.1, -0.05) is 30.7 Å². The molecule has 0 aromatic heterocycles. The number of carbonyl (C=O) groups excluding carboxylic acids is 1. The van der Waals surface area contributed by atoms with Gasteiger partial charge in [-0.3, -0.25) is 14.6 Å².